The van der Waals surface area contributed by atoms with Gasteiger partial charge in [-0.1, -0.05) is 6.07 Å². The van der Waals surface area contributed by atoms with Crippen LogP contribution in [-0.4, -0.2) is 37.6 Å². The molecule has 122 valence electrons. The van der Waals surface area contributed by atoms with E-state index in [1.807, 2.05) is 0 Å². The van der Waals surface area contributed by atoms with Gasteiger partial charge in [0.05, 0.1) is 5.75 Å². The van der Waals surface area contributed by atoms with Crippen LogP contribution in [0.1, 0.15) is 25.3 Å². The average Bonchev–Trinajstić information content (AvgIpc) is 2.46. The summed E-state index contributed by atoms with van der Waals surface area (Å²) in [6.45, 7) is 1.90. The monoisotopic (exact) mass is 332 g/mol. The molecule has 1 fully saturated rings. The Morgan fingerprint density at radius 1 is 1.36 bits per heavy atom. The van der Waals surface area contributed by atoms with Gasteiger partial charge in [-0.2, -0.15) is 0 Å². The average molecular weight is 332 g/mol. The minimum absolute atomic E-state index is 0.00466. The molecule has 22 heavy (non-hydrogen) atoms. The summed E-state index contributed by atoms with van der Waals surface area (Å²) in [7, 11) is -3.48. The molecular formula is C14H18F2N2O3S. The molecule has 0 aromatic heterocycles. The molecule has 0 radical (unpaired) electrons. The Kier molecular flexibility index (Phi) is 5.12. The van der Waals surface area contributed by atoms with E-state index in [-0.39, 0.29) is 23.8 Å². The zero-order valence-corrected chi connectivity index (χ0v) is 13.0. The van der Waals surface area contributed by atoms with Gasteiger partial charge in [-0.3, -0.25) is 4.79 Å². The molecule has 5 nitrogen and oxygen atoms in total. The smallest absolute Gasteiger partial charge is 0.241 e. The van der Waals surface area contributed by atoms with Crippen molar-refractivity contribution in [3.8, 4) is 0 Å². The third kappa shape index (κ3) is 4.01. The summed E-state index contributed by atoms with van der Waals surface area (Å²) in [5, 5.41) is 0. The van der Waals surface area contributed by atoms with E-state index in [2.05, 4.69) is 4.72 Å². The van der Waals surface area contributed by atoms with Crippen LogP contribution in [0.25, 0.3) is 0 Å². The van der Waals surface area contributed by atoms with E-state index in [0.29, 0.717) is 19.4 Å². The van der Waals surface area contributed by atoms with E-state index < -0.39 is 27.7 Å². The topological polar surface area (TPSA) is 66.5 Å². The van der Waals surface area contributed by atoms with Crippen molar-refractivity contribution in [3.63, 3.8) is 0 Å². The Balaban J connectivity index is 2.10. The van der Waals surface area contributed by atoms with Crippen LogP contribution in [0.5, 0.6) is 0 Å². The van der Waals surface area contributed by atoms with Crippen LogP contribution < -0.4 is 4.72 Å². The number of hydrogen-bond donors (Lipinski definition) is 1. The highest BCUT2D eigenvalue weighted by atomic mass is 32.2. The lowest BCUT2D eigenvalue weighted by Gasteiger charge is -2.32. The summed E-state index contributed by atoms with van der Waals surface area (Å²) in [5.74, 6) is -1.89. The zero-order chi connectivity index (χ0) is 16.3. The van der Waals surface area contributed by atoms with Crippen molar-refractivity contribution in [2.24, 2.45) is 0 Å². The second-order valence-corrected chi connectivity index (χ2v) is 7.25. The Bertz CT molecular complexity index is 664. The maximum absolute atomic E-state index is 13.7. The molecule has 0 aliphatic carbocycles. The molecule has 0 spiro atoms. The van der Waals surface area contributed by atoms with Crippen molar-refractivity contribution in [3.05, 3.63) is 35.4 Å². The van der Waals surface area contributed by atoms with Gasteiger partial charge in [0.2, 0.25) is 15.9 Å². The molecule has 1 aromatic carbocycles. The summed E-state index contributed by atoms with van der Waals surface area (Å²) in [5.41, 5.74) is 0.203. The molecule has 0 saturated carbocycles. The molecule has 0 bridgehead atoms. The molecule has 1 heterocycles. The fourth-order valence-electron chi connectivity index (χ4n) is 2.36. The first-order chi connectivity index (χ1) is 10.3. The summed E-state index contributed by atoms with van der Waals surface area (Å²) in [4.78, 5) is 13.7. The minimum atomic E-state index is -3.48. The number of hydrogen-bond acceptors (Lipinski definition) is 3. The largest absolute Gasteiger partial charge is 0.337 e. The number of carbonyl (C=O) groups is 1. The van der Waals surface area contributed by atoms with Gasteiger partial charge in [0.1, 0.15) is 17.7 Å². The van der Waals surface area contributed by atoms with E-state index in [0.717, 1.165) is 12.1 Å². The maximum Gasteiger partial charge on any atom is 0.241 e. The van der Waals surface area contributed by atoms with Gasteiger partial charge in [0.15, 0.2) is 0 Å². The molecule has 1 aromatic rings. The van der Waals surface area contributed by atoms with Gasteiger partial charge in [-0.15, -0.1) is 0 Å². The van der Waals surface area contributed by atoms with Crippen LogP contribution >= 0.6 is 0 Å². The second kappa shape index (κ2) is 6.70. The van der Waals surface area contributed by atoms with E-state index in [4.69, 9.17) is 0 Å². The van der Waals surface area contributed by atoms with Crippen molar-refractivity contribution in [1.82, 2.24) is 9.62 Å². The van der Waals surface area contributed by atoms with Crippen molar-refractivity contribution >= 4 is 15.9 Å². The minimum Gasteiger partial charge on any atom is -0.337 e. The normalized spacial score (nSPS) is 19.5. The lowest BCUT2D eigenvalue weighted by molar-refractivity contribution is -0.136. The predicted molar refractivity (Wildman–Crippen MR) is 77.4 cm³/mol. The summed E-state index contributed by atoms with van der Waals surface area (Å²) >= 11 is 0. The molecule has 1 atom stereocenters. The summed E-state index contributed by atoms with van der Waals surface area (Å²) < 4.78 is 52.1. The summed E-state index contributed by atoms with van der Waals surface area (Å²) in [6, 6.07) is 2.37. The van der Waals surface area contributed by atoms with Crippen molar-refractivity contribution < 1.29 is 22.0 Å². The van der Waals surface area contributed by atoms with E-state index >= 15 is 0 Å². The van der Waals surface area contributed by atoms with E-state index in [9.17, 15) is 22.0 Å². The highest BCUT2D eigenvalue weighted by Crippen LogP contribution is 2.18. The van der Waals surface area contributed by atoms with Crippen LogP contribution in [0.4, 0.5) is 8.78 Å². The van der Waals surface area contributed by atoms with Gasteiger partial charge in [-0.05, 0) is 25.8 Å². The molecule has 1 aliphatic heterocycles. The number of carbonyl (C=O) groups excluding carboxylic acids is 1. The van der Waals surface area contributed by atoms with Crippen molar-refractivity contribution in [1.29, 1.82) is 0 Å². The number of benzene rings is 1. The Morgan fingerprint density at radius 2 is 2.09 bits per heavy atom. The van der Waals surface area contributed by atoms with Crippen LogP contribution in [0.2, 0.25) is 0 Å². The number of rotatable bonds is 5. The van der Waals surface area contributed by atoms with Crippen molar-refractivity contribution in [2.75, 3.05) is 12.3 Å². The van der Waals surface area contributed by atoms with Gasteiger partial charge < -0.3 is 4.90 Å². The Morgan fingerprint density at radius 3 is 2.73 bits per heavy atom. The van der Waals surface area contributed by atoms with E-state index in [1.165, 1.54) is 17.9 Å². The number of amides is 1. The summed E-state index contributed by atoms with van der Waals surface area (Å²) in [6.07, 6.45) is 1.03. The molecule has 2 rings (SSSR count). The number of nitrogens with zero attached hydrogens (tertiary/aromatic N) is 1. The first kappa shape index (κ1) is 16.8. The van der Waals surface area contributed by atoms with Crippen molar-refractivity contribution in [2.45, 2.75) is 32.4 Å². The lowest BCUT2D eigenvalue weighted by Crippen LogP contribution is -2.52. The molecule has 1 amide bonds. The first-order valence-corrected chi connectivity index (χ1v) is 8.70. The van der Waals surface area contributed by atoms with Gasteiger partial charge in [-0.25, -0.2) is 21.9 Å². The number of piperidine rings is 1. The Hall–Kier alpha value is -1.54. The van der Waals surface area contributed by atoms with Gasteiger partial charge in [0.25, 0.3) is 0 Å². The number of likely N-dealkylation sites (tertiary alicyclic amines) is 1. The first-order valence-electron chi connectivity index (χ1n) is 7.05. The molecule has 1 aliphatic rings. The van der Waals surface area contributed by atoms with Gasteiger partial charge in [0, 0.05) is 24.7 Å². The number of sulfonamides is 1. The Labute approximate surface area is 128 Å². The fourth-order valence-corrected chi connectivity index (χ4v) is 3.18. The number of nitrogens with one attached hydrogen (secondary N) is 1. The highest BCUT2D eigenvalue weighted by Gasteiger charge is 2.31. The molecular weight excluding hydrogens is 314 g/mol. The molecule has 1 N–H and O–H groups in total. The number of halogens is 2. The molecule has 8 heteroatoms. The second-order valence-electron chi connectivity index (χ2n) is 5.21. The van der Waals surface area contributed by atoms with Gasteiger partial charge >= 0.3 is 0 Å². The lowest BCUT2D eigenvalue weighted by atomic mass is 10.0. The third-order valence-corrected chi connectivity index (χ3v) is 5.01. The van der Waals surface area contributed by atoms with Crippen LogP contribution in [0.15, 0.2) is 18.2 Å². The maximum atomic E-state index is 13.7. The SMILES string of the molecule is CCS(=O)(=O)N[C@@H]1CCCN(Cc2ccc(F)cc2F)C1=O. The standard InChI is InChI=1S/C14H18F2N2O3S/c1-2-22(20,21)17-13-4-3-7-18(14(13)19)9-10-5-6-11(15)8-12(10)16/h5-6,8,13,17H,2-4,7,9H2,1H3/t13-/m1/s1. The van der Waals surface area contributed by atoms with Crippen LogP contribution in [-0.2, 0) is 21.4 Å². The molecule has 1 saturated heterocycles. The highest BCUT2D eigenvalue weighted by molar-refractivity contribution is 7.89. The third-order valence-electron chi connectivity index (χ3n) is 3.61. The quantitative estimate of drug-likeness (QED) is 0.886. The van der Waals surface area contributed by atoms with Crippen LogP contribution in [0, 0.1) is 11.6 Å². The van der Waals surface area contributed by atoms with Crippen LogP contribution in [0.3, 0.4) is 0 Å². The fraction of sp³-hybridized carbons (Fsp3) is 0.500. The molecule has 0 unspecified atom stereocenters. The predicted octanol–water partition coefficient (Wildman–Crippen LogP) is 1.40. The zero-order valence-electron chi connectivity index (χ0n) is 12.2. The van der Waals surface area contributed by atoms with E-state index in [1.54, 1.807) is 0 Å².